The van der Waals surface area contributed by atoms with Gasteiger partial charge in [-0.25, -0.2) is 23.8 Å². The largest absolute Gasteiger partial charge is 0.478 e. The van der Waals surface area contributed by atoms with Crippen molar-refractivity contribution < 1.29 is 18.8 Å². The highest BCUT2D eigenvalue weighted by atomic mass is 32.2. The Bertz CT molecular complexity index is 808. The minimum atomic E-state index is -3.40. The van der Waals surface area contributed by atoms with Gasteiger partial charge in [-0.2, -0.15) is 0 Å². The van der Waals surface area contributed by atoms with Crippen LogP contribution in [0.1, 0.15) is 35.8 Å². The van der Waals surface area contributed by atoms with Crippen LogP contribution in [0, 0.1) is 4.78 Å². The number of rotatable bonds is 4. The molecule has 1 fully saturated rings. The smallest absolute Gasteiger partial charge is 0.337 e. The van der Waals surface area contributed by atoms with Crippen LogP contribution >= 0.6 is 0 Å². The maximum atomic E-state index is 12.9. The fourth-order valence-electron chi connectivity index (χ4n) is 2.46. The quantitative estimate of drug-likeness (QED) is 0.883. The van der Waals surface area contributed by atoms with Crippen molar-refractivity contribution in [1.82, 2.24) is 14.5 Å². The highest BCUT2D eigenvalue weighted by Gasteiger charge is 2.25. The third-order valence-corrected chi connectivity index (χ3v) is 5.40. The zero-order valence-electron chi connectivity index (χ0n) is 12.2. The van der Waals surface area contributed by atoms with Crippen molar-refractivity contribution in [2.24, 2.45) is 0 Å². The van der Waals surface area contributed by atoms with Crippen molar-refractivity contribution in [2.75, 3.05) is 6.61 Å². The molecule has 0 spiro atoms. The van der Waals surface area contributed by atoms with Gasteiger partial charge in [-0.1, -0.05) is 0 Å². The van der Waals surface area contributed by atoms with Crippen LogP contribution in [-0.4, -0.2) is 36.4 Å². The van der Waals surface area contributed by atoms with Gasteiger partial charge in [-0.15, -0.1) is 0 Å². The molecule has 8 nitrogen and oxygen atoms in total. The maximum Gasteiger partial charge on any atom is 0.337 e. The zero-order valence-corrected chi connectivity index (χ0v) is 13.0. The third kappa shape index (κ3) is 2.97. The number of ether oxygens (including phenoxy) is 1. The van der Waals surface area contributed by atoms with E-state index in [1.54, 1.807) is 4.57 Å². The molecule has 3 rings (SSSR count). The van der Waals surface area contributed by atoms with Crippen LogP contribution in [0.3, 0.4) is 0 Å². The van der Waals surface area contributed by atoms with Crippen LogP contribution in [0.4, 0.5) is 0 Å². The molecule has 9 heteroatoms. The van der Waals surface area contributed by atoms with Crippen molar-refractivity contribution in [1.29, 1.82) is 4.78 Å². The second kappa shape index (κ2) is 6.09. The van der Waals surface area contributed by atoms with E-state index < -0.39 is 15.7 Å². The lowest BCUT2D eigenvalue weighted by Crippen LogP contribution is -2.21. The first-order chi connectivity index (χ1) is 11.0. The predicted molar refractivity (Wildman–Crippen MR) is 79.7 cm³/mol. The molecular weight excluding hydrogens is 320 g/mol. The molecule has 2 aromatic rings. The number of aromatic carboxylic acids is 1. The van der Waals surface area contributed by atoms with E-state index in [0.29, 0.717) is 6.61 Å². The Kier molecular flexibility index (Phi) is 4.14. The van der Waals surface area contributed by atoms with E-state index in [2.05, 4.69) is 9.97 Å². The lowest BCUT2D eigenvalue weighted by Gasteiger charge is -2.25. The van der Waals surface area contributed by atoms with E-state index in [4.69, 9.17) is 14.6 Å². The van der Waals surface area contributed by atoms with E-state index in [0.717, 1.165) is 25.5 Å². The lowest BCUT2D eigenvalue weighted by molar-refractivity contribution is -0.0368. The fraction of sp³-hybridized carbons (Fsp3) is 0.357. The summed E-state index contributed by atoms with van der Waals surface area (Å²) < 4.78 is 28.5. The Morgan fingerprint density at radius 1 is 1.39 bits per heavy atom. The fourth-order valence-corrected chi connectivity index (χ4v) is 3.80. The molecule has 2 unspecified atom stereocenters. The third-order valence-electron chi connectivity index (χ3n) is 3.67. The number of carboxylic acids is 1. The Hall–Kier alpha value is -2.26. The van der Waals surface area contributed by atoms with Gasteiger partial charge in [-0.05, 0) is 31.4 Å². The molecule has 23 heavy (non-hydrogen) atoms. The summed E-state index contributed by atoms with van der Waals surface area (Å²) in [4.78, 5) is 18.7. The molecule has 122 valence electrons. The minimum absolute atomic E-state index is 0.0000550. The van der Waals surface area contributed by atoms with Gasteiger partial charge < -0.3 is 9.84 Å². The molecule has 0 radical (unpaired) electrons. The maximum absolute atomic E-state index is 12.9. The number of nitrogens with zero attached hydrogens (tertiary/aromatic N) is 3. The first kappa shape index (κ1) is 15.6. The van der Waals surface area contributed by atoms with E-state index in [1.165, 1.54) is 24.7 Å². The molecule has 3 heterocycles. The molecule has 0 amide bonds. The Morgan fingerprint density at radius 2 is 2.22 bits per heavy atom. The van der Waals surface area contributed by atoms with Crippen molar-refractivity contribution in [2.45, 2.75) is 35.5 Å². The van der Waals surface area contributed by atoms with Gasteiger partial charge >= 0.3 is 5.97 Å². The standard InChI is InChI=1S/C14H16N4O4S/c15-23(21,11-5-4-10(7-17-11)14(19)20)13-8-16-9-18(13)12-3-1-2-6-22-12/h4-5,7-9,12,15H,1-3,6H2,(H,19,20). The van der Waals surface area contributed by atoms with Gasteiger partial charge in [0.15, 0.2) is 0 Å². The van der Waals surface area contributed by atoms with Crippen molar-refractivity contribution >= 4 is 15.7 Å². The number of hydrogen-bond acceptors (Lipinski definition) is 6. The second-order valence-corrected chi connectivity index (χ2v) is 7.16. The molecular formula is C14H16N4O4S. The normalized spacial score (nSPS) is 20.8. The van der Waals surface area contributed by atoms with E-state index in [1.807, 2.05) is 0 Å². The summed E-state index contributed by atoms with van der Waals surface area (Å²) in [6.07, 6.45) is 6.44. The van der Waals surface area contributed by atoms with Gasteiger partial charge in [-0.3, -0.25) is 4.57 Å². The number of carboxylic acid groups (broad SMARTS) is 1. The first-order valence-electron chi connectivity index (χ1n) is 7.12. The summed E-state index contributed by atoms with van der Waals surface area (Å²) in [6, 6.07) is 2.59. The number of pyridine rings is 1. The van der Waals surface area contributed by atoms with Crippen LogP contribution in [0.25, 0.3) is 0 Å². The summed E-state index contributed by atoms with van der Waals surface area (Å²) in [5, 5.41) is 9.10. The van der Waals surface area contributed by atoms with Crippen LogP contribution in [0.5, 0.6) is 0 Å². The predicted octanol–water partition coefficient (Wildman–Crippen LogP) is 2.14. The Labute approximate surface area is 133 Å². The van der Waals surface area contributed by atoms with Gasteiger partial charge in [0, 0.05) is 12.8 Å². The molecule has 0 saturated carbocycles. The average Bonchev–Trinajstić information content (AvgIpc) is 3.06. The van der Waals surface area contributed by atoms with Crippen molar-refractivity contribution in [3.8, 4) is 0 Å². The highest BCUT2D eigenvalue weighted by Crippen LogP contribution is 2.28. The van der Waals surface area contributed by atoms with Crippen molar-refractivity contribution in [3.63, 3.8) is 0 Å². The summed E-state index contributed by atoms with van der Waals surface area (Å²) in [7, 11) is -3.40. The summed E-state index contributed by atoms with van der Waals surface area (Å²) in [5.41, 5.74) is -0.0203. The van der Waals surface area contributed by atoms with Crippen LogP contribution in [0.2, 0.25) is 0 Å². The summed E-state index contributed by atoms with van der Waals surface area (Å²) in [5.74, 6) is -1.12. The molecule has 2 aromatic heterocycles. The SMILES string of the molecule is N=S(=O)(c1ccc(C(=O)O)cn1)c1cncn1C1CCCCO1. The average molecular weight is 336 g/mol. The van der Waals surface area contributed by atoms with Gasteiger partial charge in [0.1, 0.15) is 26.0 Å². The second-order valence-electron chi connectivity index (χ2n) is 5.21. The monoisotopic (exact) mass is 336 g/mol. The molecule has 2 N–H and O–H groups in total. The van der Waals surface area contributed by atoms with Gasteiger partial charge in [0.25, 0.3) is 0 Å². The minimum Gasteiger partial charge on any atom is -0.478 e. The van der Waals surface area contributed by atoms with Crippen molar-refractivity contribution in [3.05, 3.63) is 36.4 Å². The van der Waals surface area contributed by atoms with E-state index in [9.17, 15) is 9.00 Å². The zero-order chi connectivity index (χ0) is 16.4. The molecule has 0 aliphatic carbocycles. The Balaban J connectivity index is 1.97. The molecule has 2 atom stereocenters. The molecule has 0 bridgehead atoms. The van der Waals surface area contributed by atoms with E-state index >= 15 is 0 Å². The highest BCUT2D eigenvalue weighted by molar-refractivity contribution is 7.92. The van der Waals surface area contributed by atoms with Gasteiger partial charge in [0.05, 0.1) is 18.1 Å². The number of hydrogen-bond donors (Lipinski definition) is 2. The number of carbonyl (C=O) groups is 1. The molecule has 1 aliphatic heterocycles. The molecule has 0 aromatic carbocycles. The van der Waals surface area contributed by atoms with Crippen LogP contribution < -0.4 is 0 Å². The Morgan fingerprint density at radius 3 is 2.83 bits per heavy atom. The van der Waals surface area contributed by atoms with Crippen LogP contribution in [0.15, 0.2) is 40.9 Å². The lowest BCUT2D eigenvalue weighted by atomic mass is 10.2. The van der Waals surface area contributed by atoms with Gasteiger partial charge in [0.2, 0.25) is 0 Å². The molecule has 1 saturated heterocycles. The number of imidazole rings is 1. The first-order valence-corrected chi connectivity index (χ1v) is 8.67. The van der Waals surface area contributed by atoms with E-state index in [-0.39, 0.29) is 21.8 Å². The number of nitrogens with one attached hydrogen (secondary N) is 1. The number of aromatic nitrogens is 3. The van der Waals surface area contributed by atoms with Crippen LogP contribution in [-0.2, 0) is 14.5 Å². The topological polar surface area (TPSA) is 118 Å². The summed E-state index contributed by atoms with van der Waals surface area (Å²) >= 11 is 0. The molecule has 1 aliphatic rings. The summed E-state index contributed by atoms with van der Waals surface area (Å²) in [6.45, 7) is 0.618.